The Morgan fingerprint density at radius 3 is 1.50 bits per heavy atom. The molecule has 0 heterocycles. The third-order valence-corrected chi connectivity index (χ3v) is 2.17. The molecule has 1 saturated carbocycles. The van der Waals surface area contributed by atoms with E-state index in [1.807, 2.05) is 0 Å². The first-order valence-corrected chi connectivity index (χ1v) is 5.78. The van der Waals surface area contributed by atoms with Gasteiger partial charge in [-0.25, -0.2) is 0 Å². The minimum atomic E-state index is -1.50. The first-order chi connectivity index (χ1) is 8.66. The molecule has 0 aromatic rings. The van der Waals surface area contributed by atoms with Gasteiger partial charge in [-0.2, -0.15) is 12.1 Å². The fraction of sp³-hybridized carbons (Fsp3) is 0.727. The van der Waals surface area contributed by atoms with Crippen LogP contribution in [-0.2, 0) is 30.7 Å². The van der Waals surface area contributed by atoms with E-state index in [1.54, 1.807) is 0 Å². The van der Waals surface area contributed by atoms with Crippen molar-refractivity contribution in [3.05, 3.63) is 28.0 Å². The van der Waals surface area contributed by atoms with Gasteiger partial charge < -0.3 is 26.3 Å². The van der Waals surface area contributed by atoms with Crippen LogP contribution in [0.1, 0.15) is 39.5 Å². The van der Waals surface area contributed by atoms with E-state index >= 15 is 0 Å². The SMILES string of the molecule is CC(=O)[CH-]C(C)=O.O=[N+]([O-])O.[NH-]C1CCCCC1[NH-].[Pt+4]. The summed E-state index contributed by atoms with van der Waals surface area (Å²) in [5.74, 6) is -0.375. The molecule has 1 aliphatic carbocycles. The maximum atomic E-state index is 9.98. The van der Waals surface area contributed by atoms with Crippen molar-refractivity contribution in [2.75, 3.05) is 0 Å². The van der Waals surface area contributed by atoms with Gasteiger partial charge in [0.1, 0.15) is 0 Å². The Kier molecular flexibility index (Phi) is 17.4. The van der Waals surface area contributed by atoms with Crippen molar-refractivity contribution in [1.82, 2.24) is 0 Å². The van der Waals surface area contributed by atoms with Crippen LogP contribution in [0.15, 0.2) is 0 Å². The third-order valence-electron chi connectivity index (χ3n) is 2.17. The van der Waals surface area contributed by atoms with Crippen molar-refractivity contribution in [3.8, 4) is 0 Å². The smallest absolute Gasteiger partial charge is 0.676 e. The number of nitrogens with zero attached hydrogens (tertiary/aromatic N) is 1. The Hall–Kier alpha value is -0.982. The van der Waals surface area contributed by atoms with Gasteiger partial charge in [-0.3, -0.25) is 6.42 Å². The largest absolute Gasteiger partial charge is 4.00 e. The maximum absolute atomic E-state index is 9.98. The minimum absolute atomic E-state index is 0. The van der Waals surface area contributed by atoms with E-state index in [4.69, 9.17) is 26.8 Å². The van der Waals surface area contributed by atoms with Crippen LogP contribution in [0, 0.1) is 16.5 Å². The van der Waals surface area contributed by atoms with Crippen LogP contribution in [0.2, 0.25) is 0 Å². The van der Waals surface area contributed by atoms with Gasteiger partial charge in [-0.15, -0.1) is 10.1 Å². The van der Waals surface area contributed by atoms with Gasteiger partial charge in [0.05, 0.1) is 0 Å². The molecule has 3 N–H and O–H groups in total. The molecule has 118 valence electrons. The summed E-state index contributed by atoms with van der Waals surface area (Å²) in [6.07, 6.45) is 5.30. The third kappa shape index (κ3) is 22.2. The van der Waals surface area contributed by atoms with Gasteiger partial charge in [0, 0.05) is 11.6 Å². The molecule has 9 heteroatoms. The van der Waals surface area contributed by atoms with E-state index in [0.29, 0.717) is 0 Å². The summed E-state index contributed by atoms with van der Waals surface area (Å²) < 4.78 is 0. The molecule has 0 aromatic heterocycles. The normalized spacial score (nSPS) is 19.8. The zero-order valence-electron chi connectivity index (χ0n) is 11.4. The topological polar surface area (TPSA) is 145 Å². The second kappa shape index (κ2) is 14.4. The quantitative estimate of drug-likeness (QED) is 0.286. The van der Waals surface area contributed by atoms with E-state index in [1.165, 1.54) is 26.7 Å². The molecule has 1 rings (SSSR count). The van der Waals surface area contributed by atoms with Crippen LogP contribution in [0.25, 0.3) is 11.5 Å². The number of ketones is 2. The van der Waals surface area contributed by atoms with E-state index in [-0.39, 0.29) is 44.7 Å². The van der Waals surface area contributed by atoms with Gasteiger partial charge in [0.15, 0.2) is 0 Å². The fourth-order valence-electron chi connectivity index (χ4n) is 1.42. The van der Waals surface area contributed by atoms with Crippen LogP contribution >= 0.6 is 0 Å². The Labute approximate surface area is 132 Å². The molecule has 0 saturated heterocycles. The van der Waals surface area contributed by atoms with Gasteiger partial charge in [-0.1, -0.05) is 25.7 Å². The number of Topliss-reactive ketones (excluding diaryl/α,β-unsaturated/α-hetero) is 2. The molecule has 0 bridgehead atoms. The molecular formula is C11H20N3O5Pt+. The van der Waals surface area contributed by atoms with Crippen LogP contribution in [0.5, 0.6) is 0 Å². The van der Waals surface area contributed by atoms with Crippen LogP contribution in [0.3, 0.4) is 0 Å². The van der Waals surface area contributed by atoms with Crippen LogP contribution < -0.4 is 0 Å². The minimum Gasteiger partial charge on any atom is -0.676 e. The van der Waals surface area contributed by atoms with Gasteiger partial charge in [0.2, 0.25) is 0 Å². The van der Waals surface area contributed by atoms with E-state index in [0.717, 1.165) is 19.3 Å². The Morgan fingerprint density at radius 1 is 1.15 bits per heavy atom. The summed E-state index contributed by atoms with van der Waals surface area (Å²) in [6.45, 7) is 2.70. The number of carbonyl (C=O) groups is 2. The molecule has 1 aliphatic rings. The number of hydrogen-bond acceptors (Lipinski definition) is 4. The monoisotopic (exact) mass is 469 g/mol. The average Bonchev–Trinajstić information content (AvgIpc) is 2.20. The molecule has 0 aliphatic heterocycles. The summed E-state index contributed by atoms with van der Waals surface area (Å²) in [4.78, 5) is 28.3. The molecule has 0 amide bonds. The average molecular weight is 469 g/mol. The van der Waals surface area contributed by atoms with Crippen molar-refractivity contribution < 1.29 is 40.9 Å². The van der Waals surface area contributed by atoms with Crippen molar-refractivity contribution in [2.45, 2.75) is 51.6 Å². The number of nitrogens with one attached hydrogen (secondary N) is 2. The Bertz CT molecular complexity index is 276. The first-order valence-electron chi connectivity index (χ1n) is 5.78. The number of hydrogen-bond donors (Lipinski definition) is 1. The van der Waals surface area contributed by atoms with Crippen molar-refractivity contribution in [1.29, 1.82) is 0 Å². The zero-order valence-corrected chi connectivity index (χ0v) is 13.7. The Balaban J connectivity index is -0.000000224. The molecule has 0 spiro atoms. The zero-order chi connectivity index (χ0) is 15.4. The molecular weight excluding hydrogens is 449 g/mol. The standard InChI is InChI=1S/C6H12N2.C5H7O2.HNO3.Pt/c7-5-3-1-2-4-6(5)8;1-4(6)3-5(2)7;2-1(3)4;/h5-8H,1-4H2;3H,1-2H3;(H,2,3,4);/q-2;-1;;+4. The second-order valence-corrected chi connectivity index (χ2v) is 4.10. The van der Waals surface area contributed by atoms with Crippen LogP contribution in [-0.4, -0.2) is 33.9 Å². The van der Waals surface area contributed by atoms with E-state index in [2.05, 4.69) is 0 Å². The summed E-state index contributed by atoms with van der Waals surface area (Å²) in [5.41, 5.74) is 14.6. The predicted molar refractivity (Wildman–Crippen MR) is 69.1 cm³/mol. The Morgan fingerprint density at radius 2 is 1.40 bits per heavy atom. The maximum Gasteiger partial charge on any atom is 4.00 e. The first kappa shape index (κ1) is 24.1. The van der Waals surface area contributed by atoms with Crippen molar-refractivity contribution in [3.63, 3.8) is 0 Å². The summed E-state index contributed by atoms with van der Waals surface area (Å²) in [7, 11) is 0. The molecule has 0 aromatic carbocycles. The van der Waals surface area contributed by atoms with E-state index < -0.39 is 5.09 Å². The summed E-state index contributed by atoms with van der Waals surface area (Å²) in [6, 6.07) is -0.160. The van der Waals surface area contributed by atoms with Crippen molar-refractivity contribution in [2.24, 2.45) is 0 Å². The van der Waals surface area contributed by atoms with Crippen molar-refractivity contribution >= 4 is 11.6 Å². The molecule has 20 heavy (non-hydrogen) atoms. The molecule has 0 radical (unpaired) electrons. The summed E-state index contributed by atoms with van der Waals surface area (Å²) in [5, 5.41) is 13.6. The number of rotatable bonds is 2. The van der Waals surface area contributed by atoms with Crippen LogP contribution in [0.4, 0.5) is 0 Å². The second-order valence-electron chi connectivity index (χ2n) is 4.10. The number of carbonyl (C=O) groups excluding carboxylic acids is 2. The summed E-state index contributed by atoms with van der Waals surface area (Å²) >= 11 is 0. The fourth-order valence-corrected chi connectivity index (χ4v) is 1.42. The van der Waals surface area contributed by atoms with Gasteiger partial charge in [0.25, 0.3) is 5.09 Å². The molecule has 2 unspecified atom stereocenters. The molecule has 2 atom stereocenters. The van der Waals surface area contributed by atoms with E-state index in [9.17, 15) is 9.59 Å². The predicted octanol–water partition coefficient (Wildman–Crippen LogP) is 2.42. The van der Waals surface area contributed by atoms with Gasteiger partial charge >= 0.3 is 21.1 Å². The van der Waals surface area contributed by atoms with Gasteiger partial charge in [-0.05, 0) is 13.8 Å². The molecule has 8 nitrogen and oxygen atoms in total. The molecule has 1 fully saturated rings.